The predicted molar refractivity (Wildman–Crippen MR) is 66.7 cm³/mol. The van der Waals surface area contributed by atoms with Crippen molar-refractivity contribution in [1.82, 2.24) is 10.1 Å². The maximum atomic E-state index is 5.45. The maximum Gasteiger partial charge on any atom is 0.228 e. The van der Waals surface area contributed by atoms with Crippen molar-refractivity contribution in [2.24, 2.45) is 5.73 Å². The van der Waals surface area contributed by atoms with E-state index in [1.54, 1.807) is 0 Å². The van der Waals surface area contributed by atoms with E-state index in [2.05, 4.69) is 43.0 Å². The van der Waals surface area contributed by atoms with Crippen LogP contribution in [0.4, 0.5) is 0 Å². The van der Waals surface area contributed by atoms with Gasteiger partial charge in [-0.25, -0.2) is 0 Å². The summed E-state index contributed by atoms with van der Waals surface area (Å²) in [6.45, 7) is 6.76. The molecule has 2 N–H and O–H groups in total. The van der Waals surface area contributed by atoms with Crippen molar-refractivity contribution >= 4 is 0 Å². The number of benzene rings is 1. The van der Waals surface area contributed by atoms with E-state index >= 15 is 0 Å². The summed E-state index contributed by atoms with van der Waals surface area (Å²) in [5, 5.41) is 3.99. The SMILES string of the molecule is Cc1cc(C)c(-c2noc(CCN)n2)cc1C. The first-order chi connectivity index (χ1) is 8.11. The highest BCUT2D eigenvalue weighted by atomic mass is 16.5. The van der Waals surface area contributed by atoms with Crippen molar-refractivity contribution < 1.29 is 4.52 Å². The molecule has 0 bridgehead atoms. The lowest BCUT2D eigenvalue weighted by molar-refractivity contribution is 0.380. The van der Waals surface area contributed by atoms with E-state index < -0.39 is 0 Å². The van der Waals surface area contributed by atoms with E-state index in [1.165, 1.54) is 11.1 Å². The highest BCUT2D eigenvalue weighted by Gasteiger charge is 2.11. The second-order valence-electron chi connectivity index (χ2n) is 4.30. The van der Waals surface area contributed by atoms with Gasteiger partial charge in [-0.2, -0.15) is 4.98 Å². The Balaban J connectivity index is 2.41. The van der Waals surface area contributed by atoms with Gasteiger partial charge >= 0.3 is 0 Å². The van der Waals surface area contributed by atoms with E-state index in [1.807, 2.05) is 0 Å². The second-order valence-corrected chi connectivity index (χ2v) is 4.30. The van der Waals surface area contributed by atoms with Crippen LogP contribution in [0.5, 0.6) is 0 Å². The minimum Gasteiger partial charge on any atom is -0.339 e. The fraction of sp³-hybridized carbons (Fsp3) is 0.385. The molecule has 0 fully saturated rings. The smallest absolute Gasteiger partial charge is 0.228 e. The van der Waals surface area contributed by atoms with Crippen molar-refractivity contribution in [2.75, 3.05) is 6.54 Å². The Morgan fingerprint density at radius 3 is 2.53 bits per heavy atom. The summed E-state index contributed by atoms with van der Waals surface area (Å²) in [4.78, 5) is 4.34. The Bertz CT molecular complexity index is 531. The lowest BCUT2D eigenvalue weighted by Crippen LogP contribution is -2.02. The minimum absolute atomic E-state index is 0.521. The first-order valence-corrected chi connectivity index (χ1v) is 5.72. The van der Waals surface area contributed by atoms with Gasteiger partial charge in [0.25, 0.3) is 0 Å². The van der Waals surface area contributed by atoms with Crippen LogP contribution in [0.25, 0.3) is 11.4 Å². The molecule has 90 valence electrons. The maximum absolute atomic E-state index is 5.45. The predicted octanol–water partition coefficient (Wildman–Crippen LogP) is 2.16. The Labute approximate surface area is 101 Å². The molecular weight excluding hydrogens is 214 g/mol. The summed E-state index contributed by atoms with van der Waals surface area (Å²) >= 11 is 0. The van der Waals surface area contributed by atoms with Crippen LogP contribution in [0.2, 0.25) is 0 Å². The number of hydrogen-bond acceptors (Lipinski definition) is 4. The Hall–Kier alpha value is -1.68. The first kappa shape index (κ1) is 11.8. The molecule has 0 saturated heterocycles. The molecule has 1 aromatic carbocycles. The van der Waals surface area contributed by atoms with Gasteiger partial charge in [0.1, 0.15) is 0 Å². The molecule has 0 aliphatic carbocycles. The third kappa shape index (κ3) is 2.36. The lowest BCUT2D eigenvalue weighted by Gasteiger charge is -2.05. The van der Waals surface area contributed by atoms with E-state index in [4.69, 9.17) is 10.3 Å². The van der Waals surface area contributed by atoms with E-state index in [-0.39, 0.29) is 0 Å². The Kier molecular flexibility index (Phi) is 3.24. The highest BCUT2D eigenvalue weighted by Crippen LogP contribution is 2.24. The van der Waals surface area contributed by atoms with Gasteiger partial charge in [0.2, 0.25) is 11.7 Å². The summed E-state index contributed by atoms with van der Waals surface area (Å²) in [6.07, 6.45) is 0.622. The van der Waals surface area contributed by atoms with E-state index in [0.717, 1.165) is 11.1 Å². The topological polar surface area (TPSA) is 64.9 Å². The molecule has 4 heteroatoms. The highest BCUT2D eigenvalue weighted by molar-refractivity contribution is 5.61. The van der Waals surface area contributed by atoms with Crippen LogP contribution < -0.4 is 5.73 Å². The Morgan fingerprint density at radius 1 is 1.12 bits per heavy atom. The number of nitrogens with zero attached hydrogens (tertiary/aromatic N) is 2. The van der Waals surface area contributed by atoms with Crippen molar-refractivity contribution in [1.29, 1.82) is 0 Å². The van der Waals surface area contributed by atoms with Gasteiger partial charge in [-0.15, -0.1) is 0 Å². The number of hydrogen-bond donors (Lipinski definition) is 1. The fourth-order valence-corrected chi connectivity index (χ4v) is 1.79. The molecule has 1 heterocycles. The quantitative estimate of drug-likeness (QED) is 0.879. The van der Waals surface area contributed by atoms with Crippen LogP contribution in [0.15, 0.2) is 16.7 Å². The van der Waals surface area contributed by atoms with Crippen molar-refractivity contribution in [3.63, 3.8) is 0 Å². The molecule has 0 atom stereocenters. The van der Waals surface area contributed by atoms with Gasteiger partial charge in [0.15, 0.2) is 0 Å². The molecule has 0 amide bonds. The van der Waals surface area contributed by atoms with Gasteiger partial charge in [0.05, 0.1) is 0 Å². The minimum atomic E-state index is 0.521. The molecule has 0 saturated carbocycles. The lowest BCUT2D eigenvalue weighted by atomic mass is 10.0. The van der Waals surface area contributed by atoms with Crippen molar-refractivity contribution in [3.05, 3.63) is 34.7 Å². The summed E-state index contributed by atoms with van der Waals surface area (Å²) in [5.74, 6) is 1.24. The second kappa shape index (κ2) is 4.67. The molecule has 4 nitrogen and oxygen atoms in total. The molecular formula is C13H17N3O. The van der Waals surface area contributed by atoms with Crippen LogP contribution in [0, 0.1) is 20.8 Å². The molecule has 17 heavy (non-hydrogen) atoms. The number of rotatable bonds is 3. The van der Waals surface area contributed by atoms with Gasteiger partial charge in [-0.05, 0) is 43.5 Å². The Morgan fingerprint density at radius 2 is 1.82 bits per heavy atom. The molecule has 0 radical (unpaired) electrons. The number of aryl methyl sites for hydroxylation is 3. The van der Waals surface area contributed by atoms with Crippen molar-refractivity contribution in [3.8, 4) is 11.4 Å². The fourth-order valence-electron chi connectivity index (χ4n) is 1.79. The summed E-state index contributed by atoms with van der Waals surface area (Å²) in [5.41, 5.74) is 10.1. The molecule has 2 rings (SSSR count). The van der Waals surface area contributed by atoms with Gasteiger partial charge < -0.3 is 10.3 Å². The monoisotopic (exact) mass is 231 g/mol. The molecule has 0 spiro atoms. The van der Waals surface area contributed by atoms with Gasteiger partial charge in [-0.3, -0.25) is 0 Å². The summed E-state index contributed by atoms with van der Waals surface area (Å²) in [7, 11) is 0. The van der Waals surface area contributed by atoms with Crippen LogP contribution >= 0.6 is 0 Å². The molecule has 1 aromatic heterocycles. The molecule has 0 aliphatic rings. The number of nitrogens with two attached hydrogens (primary N) is 1. The largest absolute Gasteiger partial charge is 0.339 e. The molecule has 2 aromatic rings. The van der Waals surface area contributed by atoms with Crippen LogP contribution in [0.1, 0.15) is 22.6 Å². The zero-order chi connectivity index (χ0) is 12.4. The van der Waals surface area contributed by atoms with Gasteiger partial charge in [0, 0.05) is 18.5 Å². The third-order valence-electron chi connectivity index (χ3n) is 2.91. The van der Waals surface area contributed by atoms with Crippen LogP contribution in [-0.4, -0.2) is 16.7 Å². The zero-order valence-electron chi connectivity index (χ0n) is 10.4. The third-order valence-corrected chi connectivity index (χ3v) is 2.91. The standard InChI is InChI=1S/C13H17N3O/c1-8-6-10(3)11(7-9(8)2)13-15-12(4-5-14)17-16-13/h6-7H,4-5,14H2,1-3H3. The summed E-state index contributed by atoms with van der Waals surface area (Å²) < 4.78 is 5.14. The van der Waals surface area contributed by atoms with Crippen molar-refractivity contribution in [2.45, 2.75) is 27.2 Å². The molecule has 0 unspecified atom stereocenters. The average molecular weight is 231 g/mol. The normalized spacial score (nSPS) is 10.8. The van der Waals surface area contributed by atoms with Crippen LogP contribution in [0.3, 0.4) is 0 Å². The molecule has 0 aliphatic heterocycles. The average Bonchev–Trinajstić information content (AvgIpc) is 2.72. The summed E-state index contributed by atoms with van der Waals surface area (Å²) in [6, 6.07) is 4.24. The zero-order valence-corrected chi connectivity index (χ0v) is 10.4. The first-order valence-electron chi connectivity index (χ1n) is 5.72. The van der Waals surface area contributed by atoms with Gasteiger partial charge in [-0.1, -0.05) is 11.2 Å². The number of aromatic nitrogens is 2. The van der Waals surface area contributed by atoms with E-state index in [9.17, 15) is 0 Å². The van der Waals surface area contributed by atoms with E-state index in [0.29, 0.717) is 24.7 Å². The van der Waals surface area contributed by atoms with Crippen LogP contribution in [-0.2, 0) is 6.42 Å².